The van der Waals surface area contributed by atoms with Crippen LogP contribution in [-0.2, 0) is 6.42 Å². The Morgan fingerprint density at radius 2 is 2.07 bits per heavy atom. The van der Waals surface area contributed by atoms with Crippen LogP contribution >= 0.6 is 0 Å². The smallest absolute Gasteiger partial charge is 0.154 e. The maximum absolute atomic E-state index is 5.07. The minimum Gasteiger partial charge on any atom is -0.411 e. The van der Waals surface area contributed by atoms with Gasteiger partial charge in [-0.25, -0.2) is 0 Å². The molecule has 0 heterocycles. The Bertz CT molecular complexity index is 282. The summed E-state index contributed by atoms with van der Waals surface area (Å²) in [6.45, 7) is 9.78. The van der Waals surface area contributed by atoms with E-state index in [-0.39, 0.29) is 0 Å². The second-order valence-electron chi connectivity index (χ2n) is 2.55. The van der Waals surface area contributed by atoms with E-state index in [1.807, 2.05) is 32.0 Å². The molecular formula is C12H19NO. The largest absolute Gasteiger partial charge is 0.411 e. The molecule has 14 heavy (non-hydrogen) atoms. The number of hydrogen-bond donors (Lipinski definition) is 1. The van der Waals surface area contributed by atoms with Crippen molar-refractivity contribution in [2.45, 2.75) is 27.2 Å². The summed E-state index contributed by atoms with van der Waals surface area (Å²) in [5.74, 6) is 5.74. The average molecular weight is 193 g/mol. The fourth-order valence-electron chi connectivity index (χ4n) is 1.08. The first kappa shape index (κ1) is 12.7. The molecule has 2 heteroatoms. The fraction of sp³-hybridized carbons (Fsp3) is 0.333. The van der Waals surface area contributed by atoms with Crippen LogP contribution in [0.2, 0.25) is 0 Å². The molecule has 78 valence electrons. The van der Waals surface area contributed by atoms with Gasteiger partial charge in [-0.15, -0.1) is 0 Å². The molecule has 1 aromatic rings. The molecule has 2 nitrogen and oxygen atoms in total. The molecule has 1 rings (SSSR count). The molecule has 0 bridgehead atoms. The van der Waals surface area contributed by atoms with Gasteiger partial charge in [0, 0.05) is 5.56 Å². The highest BCUT2D eigenvalue weighted by atomic mass is 16.6. The van der Waals surface area contributed by atoms with Crippen molar-refractivity contribution in [3.05, 3.63) is 35.9 Å². The van der Waals surface area contributed by atoms with Gasteiger partial charge in [0.2, 0.25) is 0 Å². The lowest BCUT2D eigenvalue weighted by Crippen LogP contribution is -2.03. The molecule has 0 unspecified atom stereocenters. The van der Waals surface area contributed by atoms with Crippen LogP contribution in [0.3, 0.4) is 0 Å². The third-order valence-corrected chi connectivity index (χ3v) is 1.83. The van der Waals surface area contributed by atoms with Gasteiger partial charge in [0.25, 0.3) is 0 Å². The number of aryl methyl sites for hydroxylation is 1. The van der Waals surface area contributed by atoms with Crippen LogP contribution in [0.1, 0.15) is 31.9 Å². The molecule has 2 N–H and O–H groups in total. The number of hydrogen-bond acceptors (Lipinski definition) is 2. The Hall–Kier alpha value is -1.28. The van der Waals surface area contributed by atoms with E-state index in [2.05, 4.69) is 18.3 Å². The summed E-state index contributed by atoms with van der Waals surface area (Å²) in [6, 6.07) is 5.88. The molecule has 0 fully saturated rings. The van der Waals surface area contributed by atoms with Crippen molar-refractivity contribution in [2.24, 2.45) is 5.90 Å². The van der Waals surface area contributed by atoms with Crippen molar-refractivity contribution < 1.29 is 4.84 Å². The summed E-state index contributed by atoms with van der Waals surface area (Å²) in [4.78, 5) is 4.66. The first-order valence-corrected chi connectivity index (χ1v) is 4.94. The molecule has 0 saturated carbocycles. The standard InChI is InChI=1S/C10H13NO.C2H6/c1-3-8-5-6-10(12-11)9(4-2)7-8;1-2/h4-7H,2-3,11H2,1H3;1-2H3. The van der Waals surface area contributed by atoms with Crippen LogP contribution in [0.15, 0.2) is 24.8 Å². The van der Waals surface area contributed by atoms with E-state index in [1.165, 1.54) is 5.56 Å². The van der Waals surface area contributed by atoms with Gasteiger partial charge in [0.15, 0.2) is 5.75 Å². The van der Waals surface area contributed by atoms with E-state index in [9.17, 15) is 0 Å². The van der Waals surface area contributed by atoms with Gasteiger partial charge >= 0.3 is 0 Å². The number of benzene rings is 1. The molecule has 0 radical (unpaired) electrons. The Balaban J connectivity index is 0.000000791. The van der Waals surface area contributed by atoms with Crippen LogP contribution in [0.25, 0.3) is 6.08 Å². The first-order chi connectivity index (χ1) is 6.81. The highest BCUT2D eigenvalue weighted by Gasteiger charge is 1.99. The fourth-order valence-corrected chi connectivity index (χ4v) is 1.08. The lowest BCUT2D eigenvalue weighted by atomic mass is 10.1. The van der Waals surface area contributed by atoms with Crippen molar-refractivity contribution in [2.75, 3.05) is 0 Å². The van der Waals surface area contributed by atoms with E-state index in [0.29, 0.717) is 5.75 Å². The van der Waals surface area contributed by atoms with E-state index in [4.69, 9.17) is 5.90 Å². The third kappa shape index (κ3) is 3.23. The van der Waals surface area contributed by atoms with Gasteiger partial charge in [0.05, 0.1) is 0 Å². The Kier molecular flexibility index (Phi) is 6.50. The van der Waals surface area contributed by atoms with Gasteiger partial charge < -0.3 is 4.84 Å². The summed E-state index contributed by atoms with van der Waals surface area (Å²) >= 11 is 0. The molecule has 0 aliphatic carbocycles. The van der Waals surface area contributed by atoms with E-state index >= 15 is 0 Å². The van der Waals surface area contributed by atoms with Gasteiger partial charge in [0.1, 0.15) is 0 Å². The maximum Gasteiger partial charge on any atom is 0.154 e. The van der Waals surface area contributed by atoms with Crippen LogP contribution in [0.5, 0.6) is 5.75 Å². The Morgan fingerprint density at radius 3 is 2.50 bits per heavy atom. The molecule has 1 aromatic carbocycles. The summed E-state index contributed by atoms with van der Waals surface area (Å²) in [6.07, 6.45) is 2.74. The number of nitrogens with two attached hydrogens (primary N) is 1. The maximum atomic E-state index is 5.07. The predicted molar refractivity (Wildman–Crippen MR) is 62.1 cm³/mol. The first-order valence-electron chi connectivity index (χ1n) is 4.94. The zero-order valence-electron chi connectivity index (χ0n) is 9.21. The highest BCUT2D eigenvalue weighted by molar-refractivity contribution is 5.56. The third-order valence-electron chi connectivity index (χ3n) is 1.83. The van der Waals surface area contributed by atoms with Crippen molar-refractivity contribution >= 4 is 6.08 Å². The zero-order chi connectivity index (χ0) is 11.0. The Labute approximate surface area is 86.3 Å². The molecule has 0 amide bonds. The van der Waals surface area contributed by atoms with Gasteiger partial charge in [-0.2, -0.15) is 5.90 Å². The average Bonchev–Trinajstić information content (AvgIpc) is 2.30. The summed E-state index contributed by atoms with van der Waals surface area (Å²) in [5, 5.41) is 0. The van der Waals surface area contributed by atoms with Gasteiger partial charge in [-0.1, -0.05) is 39.5 Å². The normalized spacial score (nSPS) is 8.57. The molecule has 0 aromatic heterocycles. The van der Waals surface area contributed by atoms with Gasteiger partial charge in [-0.3, -0.25) is 0 Å². The molecule has 0 aliphatic heterocycles. The highest BCUT2D eigenvalue weighted by Crippen LogP contribution is 2.20. The van der Waals surface area contributed by atoms with Crippen LogP contribution < -0.4 is 10.7 Å². The number of rotatable bonds is 3. The molecule has 0 spiro atoms. The van der Waals surface area contributed by atoms with Crippen LogP contribution in [-0.4, -0.2) is 0 Å². The molecule has 0 saturated heterocycles. The van der Waals surface area contributed by atoms with Crippen molar-refractivity contribution in [3.63, 3.8) is 0 Å². The van der Waals surface area contributed by atoms with Crippen molar-refractivity contribution in [1.29, 1.82) is 0 Å². The second kappa shape index (κ2) is 7.15. The lowest BCUT2D eigenvalue weighted by molar-refractivity contribution is 0.333. The van der Waals surface area contributed by atoms with Crippen LogP contribution in [0, 0.1) is 0 Å². The monoisotopic (exact) mass is 193 g/mol. The summed E-state index contributed by atoms with van der Waals surface area (Å²) in [7, 11) is 0. The topological polar surface area (TPSA) is 35.2 Å². The van der Waals surface area contributed by atoms with Gasteiger partial charge in [-0.05, 0) is 24.1 Å². The molecular weight excluding hydrogens is 174 g/mol. The summed E-state index contributed by atoms with van der Waals surface area (Å²) < 4.78 is 0. The minimum absolute atomic E-state index is 0.669. The zero-order valence-corrected chi connectivity index (χ0v) is 9.21. The molecule has 0 aliphatic rings. The second-order valence-corrected chi connectivity index (χ2v) is 2.55. The molecule has 0 atom stereocenters. The van der Waals surface area contributed by atoms with Crippen LogP contribution in [0.4, 0.5) is 0 Å². The lowest BCUT2D eigenvalue weighted by Gasteiger charge is -2.04. The van der Waals surface area contributed by atoms with Crippen molar-refractivity contribution in [1.82, 2.24) is 0 Å². The SMILES string of the molecule is C=Cc1cc(CC)ccc1ON.CC. The Morgan fingerprint density at radius 1 is 1.43 bits per heavy atom. The summed E-state index contributed by atoms with van der Waals surface area (Å²) in [5.41, 5.74) is 2.20. The van der Waals surface area contributed by atoms with E-state index in [0.717, 1.165) is 12.0 Å². The quantitative estimate of drug-likeness (QED) is 0.748. The van der Waals surface area contributed by atoms with E-state index in [1.54, 1.807) is 6.08 Å². The van der Waals surface area contributed by atoms with E-state index < -0.39 is 0 Å². The van der Waals surface area contributed by atoms with Crippen molar-refractivity contribution in [3.8, 4) is 5.75 Å². The predicted octanol–water partition coefficient (Wildman–Crippen LogP) is 3.17. The minimum atomic E-state index is 0.669.